The standard InChI is InChI=1S/C11H11NOS/c1-13-10-4-2-3-8(5-10)9-6-11(12)14-7-9/h2-7H,12H2,1H3. The van der Waals surface area contributed by atoms with Crippen molar-refractivity contribution in [3.8, 4) is 16.9 Å². The van der Waals surface area contributed by atoms with E-state index in [2.05, 4.69) is 0 Å². The first-order valence-corrected chi connectivity index (χ1v) is 5.16. The second-order valence-corrected chi connectivity index (χ2v) is 3.91. The molecule has 0 radical (unpaired) electrons. The topological polar surface area (TPSA) is 35.2 Å². The average molecular weight is 205 g/mol. The van der Waals surface area contributed by atoms with Crippen LogP contribution in [0.4, 0.5) is 5.00 Å². The lowest BCUT2D eigenvalue weighted by molar-refractivity contribution is 0.415. The molecule has 0 aliphatic carbocycles. The van der Waals surface area contributed by atoms with E-state index in [9.17, 15) is 0 Å². The van der Waals surface area contributed by atoms with Gasteiger partial charge in [-0.3, -0.25) is 0 Å². The minimum absolute atomic E-state index is 0.836. The summed E-state index contributed by atoms with van der Waals surface area (Å²) in [5.74, 6) is 0.868. The molecule has 14 heavy (non-hydrogen) atoms. The summed E-state index contributed by atoms with van der Waals surface area (Å²) < 4.78 is 5.16. The summed E-state index contributed by atoms with van der Waals surface area (Å²) in [6.07, 6.45) is 0. The molecule has 1 aromatic carbocycles. The number of thiophene rings is 1. The highest BCUT2D eigenvalue weighted by molar-refractivity contribution is 7.14. The molecule has 0 amide bonds. The number of methoxy groups -OCH3 is 1. The van der Waals surface area contributed by atoms with Crippen LogP contribution in [-0.4, -0.2) is 7.11 Å². The summed E-state index contributed by atoms with van der Waals surface area (Å²) in [7, 11) is 1.67. The number of benzene rings is 1. The van der Waals surface area contributed by atoms with Gasteiger partial charge in [0.25, 0.3) is 0 Å². The lowest BCUT2D eigenvalue weighted by Crippen LogP contribution is -1.82. The van der Waals surface area contributed by atoms with Crippen LogP contribution in [0.5, 0.6) is 5.75 Å². The largest absolute Gasteiger partial charge is 0.497 e. The van der Waals surface area contributed by atoms with Crippen LogP contribution in [-0.2, 0) is 0 Å². The minimum atomic E-state index is 0.836. The van der Waals surface area contributed by atoms with E-state index in [1.807, 2.05) is 35.7 Å². The number of nitrogen functional groups attached to an aromatic ring is 1. The predicted octanol–water partition coefficient (Wildman–Crippen LogP) is 3.01. The Labute approximate surface area is 86.9 Å². The zero-order valence-electron chi connectivity index (χ0n) is 7.86. The summed E-state index contributed by atoms with van der Waals surface area (Å²) in [5, 5.41) is 2.88. The van der Waals surface area contributed by atoms with Crippen molar-refractivity contribution in [2.24, 2.45) is 0 Å². The predicted molar refractivity (Wildman–Crippen MR) is 60.7 cm³/mol. The van der Waals surface area contributed by atoms with Gasteiger partial charge in [0.1, 0.15) is 5.75 Å². The molecule has 2 nitrogen and oxygen atoms in total. The van der Waals surface area contributed by atoms with E-state index in [0.29, 0.717) is 0 Å². The van der Waals surface area contributed by atoms with Crippen LogP contribution in [0.25, 0.3) is 11.1 Å². The highest BCUT2D eigenvalue weighted by Crippen LogP contribution is 2.29. The van der Waals surface area contributed by atoms with Crippen molar-refractivity contribution >= 4 is 16.3 Å². The maximum Gasteiger partial charge on any atom is 0.119 e. The summed E-state index contributed by atoms with van der Waals surface area (Å²) >= 11 is 1.55. The Bertz CT molecular complexity index is 436. The summed E-state index contributed by atoms with van der Waals surface area (Å²) in [6, 6.07) is 9.92. The molecule has 0 unspecified atom stereocenters. The van der Waals surface area contributed by atoms with Crippen molar-refractivity contribution in [2.75, 3.05) is 12.8 Å². The Kier molecular flexibility index (Phi) is 2.41. The molecule has 0 saturated carbocycles. The van der Waals surface area contributed by atoms with Gasteiger partial charge in [0, 0.05) is 5.38 Å². The van der Waals surface area contributed by atoms with Gasteiger partial charge in [-0.05, 0) is 29.3 Å². The molecular formula is C11H11NOS. The van der Waals surface area contributed by atoms with Crippen LogP contribution in [0.2, 0.25) is 0 Å². The van der Waals surface area contributed by atoms with Gasteiger partial charge < -0.3 is 10.5 Å². The summed E-state index contributed by atoms with van der Waals surface area (Å²) in [5.41, 5.74) is 7.95. The van der Waals surface area contributed by atoms with E-state index in [1.165, 1.54) is 0 Å². The number of rotatable bonds is 2. The van der Waals surface area contributed by atoms with Gasteiger partial charge in [-0.25, -0.2) is 0 Å². The molecule has 72 valence electrons. The molecule has 1 aromatic heterocycles. The molecule has 0 bridgehead atoms. The van der Waals surface area contributed by atoms with Crippen LogP contribution in [0.1, 0.15) is 0 Å². The summed E-state index contributed by atoms with van der Waals surface area (Å²) in [4.78, 5) is 0. The first-order valence-electron chi connectivity index (χ1n) is 4.28. The first kappa shape index (κ1) is 9.09. The van der Waals surface area contributed by atoms with Crippen LogP contribution in [0, 0.1) is 0 Å². The van der Waals surface area contributed by atoms with Crippen LogP contribution in [0.3, 0.4) is 0 Å². The Hall–Kier alpha value is -1.48. The molecule has 0 saturated heterocycles. The number of ether oxygens (including phenoxy) is 1. The molecule has 0 aliphatic rings. The fourth-order valence-corrected chi connectivity index (χ4v) is 1.97. The number of hydrogen-bond donors (Lipinski definition) is 1. The van der Waals surface area contributed by atoms with E-state index in [-0.39, 0.29) is 0 Å². The fourth-order valence-electron chi connectivity index (χ4n) is 1.31. The van der Waals surface area contributed by atoms with Gasteiger partial charge in [0.05, 0.1) is 12.1 Å². The first-order chi connectivity index (χ1) is 6.79. The molecule has 0 aliphatic heterocycles. The molecule has 0 spiro atoms. The van der Waals surface area contributed by atoms with E-state index in [1.54, 1.807) is 18.4 Å². The van der Waals surface area contributed by atoms with E-state index in [4.69, 9.17) is 10.5 Å². The number of hydrogen-bond acceptors (Lipinski definition) is 3. The molecule has 0 fully saturated rings. The molecule has 2 rings (SSSR count). The highest BCUT2D eigenvalue weighted by atomic mass is 32.1. The summed E-state index contributed by atoms with van der Waals surface area (Å²) in [6.45, 7) is 0. The van der Waals surface area contributed by atoms with Crippen molar-refractivity contribution in [2.45, 2.75) is 0 Å². The van der Waals surface area contributed by atoms with Gasteiger partial charge >= 0.3 is 0 Å². The van der Waals surface area contributed by atoms with Crippen molar-refractivity contribution in [1.82, 2.24) is 0 Å². The maximum atomic E-state index is 5.67. The zero-order chi connectivity index (χ0) is 9.97. The monoisotopic (exact) mass is 205 g/mol. The van der Waals surface area contributed by atoms with E-state index < -0.39 is 0 Å². The van der Waals surface area contributed by atoms with Gasteiger partial charge in [0.15, 0.2) is 0 Å². The van der Waals surface area contributed by atoms with Gasteiger partial charge in [-0.15, -0.1) is 11.3 Å². The number of nitrogens with two attached hydrogens (primary N) is 1. The second kappa shape index (κ2) is 3.72. The lowest BCUT2D eigenvalue weighted by Gasteiger charge is -2.01. The Morgan fingerprint density at radius 1 is 1.21 bits per heavy atom. The Balaban J connectivity index is 2.41. The molecule has 3 heteroatoms. The normalized spacial score (nSPS) is 10.1. The van der Waals surface area contributed by atoms with Crippen molar-refractivity contribution in [3.05, 3.63) is 35.7 Å². The quantitative estimate of drug-likeness (QED) is 0.818. The van der Waals surface area contributed by atoms with Crippen LogP contribution >= 0.6 is 11.3 Å². The van der Waals surface area contributed by atoms with Gasteiger partial charge in [-0.2, -0.15) is 0 Å². The smallest absolute Gasteiger partial charge is 0.119 e. The van der Waals surface area contributed by atoms with Crippen molar-refractivity contribution in [3.63, 3.8) is 0 Å². The third-order valence-corrected chi connectivity index (χ3v) is 2.78. The molecule has 2 aromatic rings. The number of anilines is 1. The maximum absolute atomic E-state index is 5.67. The van der Waals surface area contributed by atoms with Crippen LogP contribution < -0.4 is 10.5 Å². The third-order valence-electron chi connectivity index (χ3n) is 2.02. The minimum Gasteiger partial charge on any atom is -0.497 e. The third kappa shape index (κ3) is 1.72. The Morgan fingerprint density at radius 2 is 2.07 bits per heavy atom. The zero-order valence-corrected chi connectivity index (χ0v) is 8.67. The van der Waals surface area contributed by atoms with Gasteiger partial charge in [-0.1, -0.05) is 12.1 Å². The van der Waals surface area contributed by atoms with E-state index in [0.717, 1.165) is 21.9 Å². The van der Waals surface area contributed by atoms with Crippen molar-refractivity contribution in [1.29, 1.82) is 0 Å². The van der Waals surface area contributed by atoms with Crippen LogP contribution in [0.15, 0.2) is 35.7 Å². The molecular weight excluding hydrogens is 194 g/mol. The highest BCUT2D eigenvalue weighted by Gasteiger charge is 2.01. The lowest BCUT2D eigenvalue weighted by atomic mass is 10.1. The average Bonchev–Trinajstić information content (AvgIpc) is 2.65. The molecule has 1 heterocycles. The Morgan fingerprint density at radius 3 is 2.71 bits per heavy atom. The molecule has 2 N–H and O–H groups in total. The van der Waals surface area contributed by atoms with Crippen molar-refractivity contribution < 1.29 is 4.74 Å². The fraction of sp³-hybridized carbons (Fsp3) is 0.0909. The second-order valence-electron chi connectivity index (χ2n) is 2.97. The SMILES string of the molecule is COc1cccc(-c2csc(N)c2)c1. The van der Waals surface area contributed by atoms with E-state index >= 15 is 0 Å². The van der Waals surface area contributed by atoms with Gasteiger partial charge in [0.2, 0.25) is 0 Å². The molecule has 0 atom stereocenters.